The molecule has 0 atom stereocenters. The minimum Gasteiger partial charge on any atom is -0.321 e. The predicted octanol–water partition coefficient (Wildman–Crippen LogP) is 1.60. The van der Waals surface area contributed by atoms with Crippen LogP contribution in [0.2, 0.25) is 0 Å². The molecule has 22 heavy (non-hydrogen) atoms. The van der Waals surface area contributed by atoms with E-state index in [1.165, 1.54) is 35.6 Å². The molecule has 0 bridgehead atoms. The van der Waals surface area contributed by atoms with Crippen LogP contribution in [0.15, 0.2) is 41.6 Å². The second-order valence-corrected chi connectivity index (χ2v) is 7.46. The normalized spacial score (nSPS) is 11.7. The first-order valence-corrected chi connectivity index (χ1v) is 8.58. The Hall–Kier alpha value is -2.23. The van der Waals surface area contributed by atoms with E-state index in [9.17, 15) is 13.2 Å². The molecule has 0 saturated carbocycles. The average Bonchev–Trinajstić information content (AvgIpc) is 2.95. The van der Waals surface area contributed by atoms with Crippen molar-refractivity contribution < 1.29 is 13.2 Å². The highest BCUT2D eigenvalue weighted by Gasteiger charge is 2.13. The maximum atomic E-state index is 12.1. The molecule has 0 fully saturated rings. The Morgan fingerprint density at radius 3 is 2.55 bits per heavy atom. The molecule has 1 aromatic carbocycles. The fraction of sp³-hybridized carbons (Fsp3) is 0.0769. The van der Waals surface area contributed by atoms with Crippen molar-refractivity contribution >= 4 is 37.9 Å². The van der Waals surface area contributed by atoms with Crippen LogP contribution in [0, 0.1) is 6.92 Å². The number of nitrogens with two attached hydrogens (primary N) is 1. The van der Waals surface area contributed by atoms with Gasteiger partial charge in [-0.15, -0.1) is 11.3 Å². The van der Waals surface area contributed by atoms with E-state index in [0.29, 0.717) is 11.4 Å². The lowest BCUT2D eigenvalue weighted by Gasteiger charge is -2.04. The van der Waals surface area contributed by atoms with Crippen molar-refractivity contribution in [2.45, 2.75) is 11.8 Å². The fourth-order valence-corrected chi connectivity index (χ4v) is 3.27. The largest absolute Gasteiger partial charge is 0.321 e. The number of rotatable bonds is 3. The lowest BCUT2D eigenvalue weighted by Crippen LogP contribution is -2.14. The minimum atomic E-state index is -3.74. The first kappa shape index (κ1) is 14.7. The molecule has 0 unspecified atom stereocenters. The Balaban J connectivity index is 1.80. The summed E-state index contributed by atoms with van der Waals surface area (Å²) in [6, 6.07) is 5.61. The number of imidazole rings is 1. The van der Waals surface area contributed by atoms with Gasteiger partial charge in [0.1, 0.15) is 5.69 Å². The summed E-state index contributed by atoms with van der Waals surface area (Å²) in [7, 11) is -3.74. The van der Waals surface area contributed by atoms with Crippen LogP contribution in [-0.4, -0.2) is 23.7 Å². The van der Waals surface area contributed by atoms with Crippen molar-refractivity contribution in [3.63, 3.8) is 0 Å². The van der Waals surface area contributed by atoms with Crippen LogP contribution in [-0.2, 0) is 10.0 Å². The number of fused-ring (bicyclic) bond motifs is 1. The molecule has 0 spiro atoms. The highest BCUT2D eigenvalue weighted by Crippen LogP contribution is 2.18. The Morgan fingerprint density at radius 1 is 1.27 bits per heavy atom. The SMILES string of the molecule is Cc1cn2cc(C(=O)Nc3ccc(S(N)(=O)=O)cc3)nc2s1. The van der Waals surface area contributed by atoms with Gasteiger partial charge >= 0.3 is 0 Å². The summed E-state index contributed by atoms with van der Waals surface area (Å²) in [5, 5.41) is 7.67. The topological polar surface area (TPSA) is 107 Å². The number of anilines is 1. The summed E-state index contributed by atoms with van der Waals surface area (Å²) in [5.41, 5.74) is 0.756. The Bertz CT molecular complexity index is 924. The Morgan fingerprint density at radius 2 is 1.95 bits per heavy atom. The smallest absolute Gasteiger partial charge is 0.275 e. The molecule has 114 valence electrons. The monoisotopic (exact) mass is 336 g/mol. The first-order valence-electron chi connectivity index (χ1n) is 6.22. The number of thiazole rings is 1. The van der Waals surface area contributed by atoms with Crippen LogP contribution >= 0.6 is 11.3 Å². The molecule has 3 aromatic rings. The van der Waals surface area contributed by atoms with Gasteiger partial charge in [-0.1, -0.05) is 0 Å². The molecule has 0 aliphatic carbocycles. The van der Waals surface area contributed by atoms with Crippen molar-refractivity contribution in [2.24, 2.45) is 5.14 Å². The molecule has 0 saturated heterocycles. The third-order valence-electron chi connectivity index (χ3n) is 2.94. The number of amides is 1. The number of carbonyl (C=O) groups excluding carboxylic acids is 1. The average molecular weight is 336 g/mol. The third kappa shape index (κ3) is 2.86. The minimum absolute atomic E-state index is 0.0107. The van der Waals surface area contributed by atoms with Gasteiger partial charge in [-0.2, -0.15) is 0 Å². The third-order valence-corrected chi connectivity index (χ3v) is 4.79. The predicted molar refractivity (Wildman–Crippen MR) is 83.6 cm³/mol. The second kappa shape index (κ2) is 5.20. The van der Waals surface area contributed by atoms with Crippen molar-refractivity contribution in [3.8, 4) is 0 Å². The van der Waals surface area contributed by atoms with E-state index in [1.54, 1.807) is 10.6 Å². The molecule has 0 aliphatic heterocycles. The highest BCUT2D eigenvalue weighted by atomic mass is 32.2. The zero-order chi connectivity index (χ0) is 15.9. The van der Waals surface area contributed by atoms with Crippen LogP contribution in [0.5, 0.6) is 0 Å². The Labute approximate surface area is 130 Å². The molecule has 2 heterocycles. The van der Waals surface area contributed by atoms with Crippen molar-refractivity contribution in [1.82, 2.24) is 9.38 Å². The van der Waals surface area contributed by atoms with E-state index in [4.69, 9.17) is 5.14 Å². The number of carbonyl (C=O) groups is 1. The maximum Gasteiger partial charge on any atom is 0.275 e. The molecule has 0 radical (unpaired) electrons. The number of sulfonamides is 1. The first-order chi connectivity index (χ1) is 10.3. The number of hydrogen-bond acceptors (Lipinski definition) is 5. The van der Waals surface area contributed by atoms with Gasteiger partial charge in [0.15, 0.2) is 4.96 Å². The zero-order valence-corrected chi connectivity index (χ0v) is 13.1. The number of benzene rings is 1. The van der Waals surface area contributed by atoms with Gasteiger partial charge in [0.05, 0.1) is 4.90 Å². The van der Waals surface area contributed by atoms with Gasteiger partial charge in [0, 0.05) is 23.0 Å². The van der Waals surface area contributed by atoms with E-state index in [-0.39, 0.29) is 10.8 Å². The Kier molecular flexibility index (Phi) is 3.47. The summed E-state index contributed by atoms with van der Waals surface area (Å²) in [6.07, 6.45) is 3.54. The second-order valence-electron chi connectivity index (χ2n) is 4.68. The molecule has 3 N–H and O–H groups in total. The number of nitrogens with zero attached hydrogens (tertiary/aromatic N) is 2. The molecule has 7 nitrogen and oxygen atoms in total. The van der Waals surface area contributed by atoms with E-state index >= 15 is 0 Å². The van der Waals surface area contributed by atoms with Gasteiger partial charge < -0.3 is 5.32 Å². The van der Waals surface area contributed by atoms with E-state index in [2.05, 4.69) is 10.3 Å². The lowest BCUT2D eigenvalue weighted by molar-refractivity contribution is 0.102. The van der Waals surface area contributed by atoms with Gasteiger partial charge in [-0.3, -0.25) is 9.20 Å². The summed E-state index contributed by atoms with van der Waals surface area (Å²) in [5.74, 6) is -0.364. The highest BCUT2D eigenvalue weighted by molar-refractivity contribution is 7.89. The summed E-state index contributed by atoms with van der Waals surface area (Å²) in [6.45, 7) is 1.96. The number of aryl methyl sites for hydroxylation is 1. The van der Waals surface area contributed by atoms with E-state index in [1.807, 2.05) is 13.1 Å². The van der Waals surface area contributed by atoms with Crippen molar-refractivity contribution in [3.05, 3.63) is 47.2 Å². The van der Waals surface area contributed by atoms with Crippen LogP contribution < -0.4 is 10.5 Å². The van der Waals surface area contributed by atoms with Crippen LogP contribution in [0.3, 0.4) is 0 Å². The quantitative estimate of drug-likeness (QED) is 0.757. The fourth-order valence-electron chi connectivity index (χ4n) is 1.94. The number of hydrogen-bond donors (Lipinski definition) is 2. The van der Waals surface area contributed by atoms with Crippen molar-refractivity contribution in [1.29, 1.82) is 0 Å². The molecule has 3 rings (SSSR count). The molecule has 9 heteroatoms. The molecule has 1 amide bonds. The van der Waals surface area contributed by atoms with Crippen LogP contribution in [0.25, 0.3) is 4.96 Å². The molecule has 2 aromatic heterocycles. The van der Waals surface area contributed by atoms with Crippen molar-refractivity contribution in [2.75, 3.05) is 5.32 Å². The molecular formula is C13H12N4O3S2. The number of primary sulfonamides is 1. The lowest BCUT2D eigenvalue weighted by atomic mass is 10.3. The summed E-state index contributed by atoms with van der Waals surface area (Å²) >= 11 is 1.49. The summed E-state index contributed by atoms with van der Waals surface area (Å²) in [4.78, 5) is 18.2. The zero-order valence-electron chi connectivity index (χ0n) is 11.5. The summed E-state index contributed by atoms with van der Waals surface area (Å²) < 4.78 is 24.1. The molecule has 0 aliphatic rings. The van der Waals surface area contributed by atoms with Gasteiger partial charge in [-0.05, 0) is 31.2 Å². The van der Waals surface area contributed by atoms with Gasteiger partial charge in [0.2, 0.25) is 10.0 Å². The van der Waals surface area contributed by atoms with Crippen LogP contribution in [0.1, 0.15) is 15.4 Å². The number of nitrogens with one attached hydrogen (secondary N) is 1. The van der Waals surface area contributed by atoms with Crippen LogP contribution in [0.4, 0.5) is 5.69 Å². The number of aromatic nitrogens is 2. The van der Waals surface area contributed by atoms with Gasteiger partial charge in [0.25, 0.3) is 5.91 Å². The van der Waals surface area contributed by atoms with E-state index < -0.39 is 10.0 Å². The van der Waals surface area contributed by atoms with E-state index in [0.717, 1.165) is 9.84 Å². The standard InChI is InChI=1S/C13H12N4O3S2/c1-8-6-17-7-11(16-13(17)21-8)12(18)15-9-2-4-10(5-3-9)22(14,19)20/h2-7H,1H3,(H,15,18)(H2,14,19,20). The van der Waals surface area contributed by atoms with Gasteiger partial charge in [-0.25, -0.2) is 18.5 Å². The molecular weight excluding hydrogens is 324 g/mol. The maximum absolute atomic E-state index is 12.1.